The number of fused-ring (bicyclic) bond motifs is 3. The highest BCUT2D eigenvalue weighted by molar-refractivity contribution is 5.28. The molecule has 4 heterocycles. The second-order valence-corrected chi connectivity index (χ2v) is 6.17. The summed E-state index contributed by atoms with van der Waals surface area (Å²) in [6.45, 7) is 4.47. The first-order chi connectivity index (χ1) is 9.72. The molecule has 20 heavy (non-hydrogen) atoms. The van der Waals surface area contributed by atoms with Crippen molar-refractivity contribution in [2.75, 3.05) is 26.4 Å². The number of ether oxygens (including phenoxy) is 4. The molecule has 0 unspecified atom stereocenters. The molecular formula is C15H19NO4. The Bertz CT molecular complexity index is 490. The Kier molecular flexibility index (Phi) is 2.77. The predicted octanol–water partition coefficient (Wildman–Crippen LogP) is 1.90. The molecule has 5 heteroatoms. The molecule has 0 N–H and O–H groups in total. The van der Waals surface area contributed by atoms with E-state index in [1.807, 2.05) is 13.0 Å². The molecule has 2 bridgehead atoms. The third kappa shape index (κ3) is 2.01. The van der Waals surface area contributed by atoms with Gasteiger partial charge in [0.2, 0.25) is 0 Å². The van der Waals surface area contributed by atoms with E-state index in [9.17, 15) is 0 Å². The van der Waals surface area contributed by atoms with Crippen molar-refractivity contribution in [3.05, 3.63) is 24.0 Å². The molecule has 4 fully saturated rings. The quantitative estimate of drug-likeness (QED) is 0.841. The first-order valence-electron chi connectivity index (χ1n) is 7.17. The van der Waals surface area contributed by atoms with Crippen LogP contribution in [-0.4, -0.2) is 37.4 Å². The maximum atomic E-state index is 5.92. The van der Waals surface area contributed by atoms with Crippen molar-refractivity contribution < 1.29 is 18.9 Å². The lowest BCUT2D eigenvalue weighted by Crippen LogP contribution is -2.62. The van der Waals surface area contributed by atoms with Crippen molar-refractivity contribution in [2.45, 2.75) is 25.7 Å². The number of aromatic nitrogens is 1. The van der Waals surface area contributed by atoms with Gasteiger partial charge >= 0.3 is 0 Å². The van der Waals surface area contributed by atoms with Gasteiger partial charge in [-0.1, -0.05) is 0 Å². The molecule has 0 amide bonds. The largest absolute Gasteiger partial charge is 0.492 e. The van der Waals surface area contributed by atoms with Gasteiger partial charge in [-0.15, -0.1) is 0 Å². The zero-order chi connectivity index (χ0) is 13.6. The van der Waals surface area contributed by atoms with E-state index in [0.717, 1.165) is 24.2 Å². The first kappa shape index (κ1) is 12.6. The molecule has 1 saturated carbocycles. The summed E-state index contributed by atoms with van der Waals surface area (Å²) >= 11 is 0. The number of rotatable bonds is 4. The highest BCUT2D eigenvalue weighted by Crippen LogP contribution is 2.50. The van der Waals surface area contributed by atoms with Crippen LogP contribution >= 0.6 is 0 Å². The van der Waals surface area contributed by atoms with Crippen LogP contribution in [0.3, 0.4) is 0 Å². The van der Waals surface area contributed by atoms with Crippen LogP contribution in [-0.2, 0) is 14.2 Å². The van der Waals surface area contributed by atoms with E-state index >= 15 is 0 Å². The van der Waals surface area contributed by atoms with Gasteiger partial charge in [-0.25, -0.2) is 0 Å². The summed E-state index contributed by atoms with van der Waals surface area (Å²) in [6, 6.07) is 1.88. The average Bonchev–Trinajstić information content (AvgIpc) is 3.34. The Morgan fingerprint density at radius 1 is 1.25 bits per heavy atom. The summed E-state index contributed by atoms with van der Waals surface area (Å²) < 4.78 is 23.5. The lowest BCUT2D eigenvalue weighted by atomic mass is 9.89. The van der Waals surface area contributed by atoms with E-state index in [2.05, 4.69) is 4.98 Å². The van der Waals surface area contributed by atoms with Gasteiger partial charge in [-0.2, -0.15) is 0 Å². The first-order valence-corrected chi connectivity index (χ1v) is 7.17. The average molecular weight is 277 g/mol. The van der Waals surface area contributed by atoms with E-state index in [-0.39, 0.29) is 5.41 Å². The molecule has 1 aromatic rings. The van der Waals surface area contributed by atoms with Crippen molar-refractivity contribution in [3.8, 4) is 5.75 Å². The fraction of sp³-hybridized carbons (Fsp3) is 0.667. The molecule has 0 atom stereocenters. The van der Waals surface area contributed by atoms with Crippen LogP contribution in [0, 0.1) is 18.3 Å². The molecule has 1 aliphatic carbocycles. The van der Waals surface area contributed by atoms with E-state index in [1.165, 1.54) is 0 Å². The molecule has 0 spiro atoms. The lowest BCUT2D eigenvalue weighted by molar-refractivity contribution is -0.477. The minimum Gasteiger partial charge on any atom is -0.492 e. The maximum Gasteiger partial charge on any atom is 0.285 e. The summed E-state index contributed by atoms with van der Waals surface area (Å²) in [5, 5.41) is 0. The highest BCUT2D eigenvalue weighted by atomic mass is 16.9. The van der Waals surface area contributed by atoms with Gasteiger partial charge in [-0.05, 0) is 25.8 Å². The van der Waals surface area contributed by atoms with Crippen LogP contribution in [0.15, 0.2) is 18.5 Å². The zero-order valence-electron chi connectivity index (χ0n) is 11.6. The van der Waals surface area contributed by atoms with Gasteiger partial charge in [0, 0.05) is 23.9 Å². The van der Waals surface area contributed by atoms with Crippen molar-refractivity contribution in [3.63, 3.8) is 0 Å². The van der Waals surface area contributed by atoms with Crippen LogP contribution in [0.1, 0.15) is 18.4 Å². The lowest BCUT2D eigenvalue weighted by Gasteiger charge is -2.51. The van der Waals surface area contributed by atoms with Crippen molar-refractivity contribution >= 4 is 0 Å². The zero-order valence-corrected chi connectivity index (χ0v) is 11.6. The summed E-state index contributed by atoms with van der Waals surface area (Å²) in [5.41, 5.74) is 0.845. The Morgan fingerprint density at radius 3 is 2.55 bits per heavy atom. The molecular weight excluding hydrogens is 258 g/mol. The fourth-order valence-corrected chi connectivity index (χ4v) is 2.78. The second-order valence-electron chi connectivity index (χ2n) is 6.17. The van der Waals surface area contributed by atoms with Gasteiger partial charge in [0.05, 0.1) is 25.2 Å². The Morgan fingerprint density at radius 2 is 1.95 bits per heavy atom. The monoisotopic (exact) mass is 277 g/mol. The summed E-state index contributed by atoms with van der Waals surface area (Å²) in [6.07, 6.45) is 5.82. The molecule has 4 aliphatic rings. The van der Waals surface area contributed by atoms with Gasteiger partial charge in [0.15, 0.2) is 0 Å². The van der Waals surface area contributed by atoms with Gasteiger partial charge in [0.1, 0.15) is 12.4 Å². The molecule has 3 aliphatic heterocycles. The number of hydrogen-bond donors (Lipinski definition) is 0. The SMILES string of the molecule is Cc1cnccc1OCC12COC(C3CC3)(OC1)OC2. The molecule has 108 valence electrons. The third-order valence-corrected chi connectivity index (χ3v) is 4.32. The normalized spacial score (nSPS) is 36.0. The maximum absolute atomic E-state index is 5.92. The van der Waals surface area contributed by atoms with Crippen LogP contribution < -0.4 is 4.74 Å². The third-order valence-electron chi connectivity index (χ3n) is 4.32. The van der Waals surface area contributed by atoms with Crippen LogP contribution in [0.2, 0.25) is 0 Å². The minimum absolute atomic E-state index is 0.188. The van der Waals surface area contributed by atoms with Crippen LogP contribution in [0.4, 0.5) is 0 Å². The van der Waals surface area contributed by atoms with Crippen LogP contribution in [0.25, 0.3) is 0 Å². The van der Waals surface area contributed by atoms with Gasteiger partial charge in [0.25, 0.3) is 5.97 Å². The topological polar surface area (TPSA) is 49.8 Å². The van der Waals surface area contributed by atoms with E-state index < -0.39 is 5.97 Å². The number of nitrogens with zero attached hydrogens (tertiary/aromatic N) is 1. The standard InChI is InChI=1S/C15H19NO4/c1-11-6-16-5-4-13(11)17-7-14-8-18-15(19-9-14,20-10-14)12-2-3-12/h4-6,12H,2-3,7-10H2,1H3. The summed E-state index contributed by atoms with van der Waals surface area (Å²) in [7, 11) is 0. The van der Waals surface area contributed by atoms with Gasteiger partial charge in [-0.3, -0.25) is 4.98 Å². The van der Waals surface area contributed by atoms with E-state index in [4.69, 9.17) is 18.9 Å². The molecule has 0 aromatic carbocycles. The smallest absolute Gasteiger partial charge is 0.285 e. The molecule has 3 saturated heterocycles. The molecule has 5 nitrogen and oxygen atoms in total. The Balaban J connectivity index is 1.42. The Hall–Kier alpha value is -1.17. The molecule has 1 aromatic heterocycles. The van der Waals surface area contributed by atoms with Crippen molar-refractivity contribution in [2.24, 2.45) is 11.3 Å². The van der Waals surface area contributed by atoms with Crippen molar-refractivity contribution in [1.29, 1.82) is 0 Å². The molecule has 5 rings (SSSR count). The van der Waals surface area contributed by atoms with Gasteiger partial charge < -0.3 is 18.9 Å². The van der Waals surface area contributed by atoms with E-state index in [0.29, 0.717) is 32.3 Å². The van der Waals surface area contributed by atoms with E-state index in [1.54, 1.807) is 12.4 Å². The Labute approximate surface area is 118 Å². The number of hydrogen-bond acceptors (Lipinski definition) is 5. The highest BCUT2D eigenvalue weighted by Gasteiger charge is 2.59. The summed E-state index contributed by atoms with van der Waals surface area (Å²) in [4.78, 5) is 4.07. The molecule has 0 radical (unpaired) electrons. The number of aryl methyl sites for hydroxylation is 1. The summed E-state index contributed by atoms with van der Waals surface area (Å²) in [5.74, 6) is 0.539. The second kappa shape index (κ2) is 4.41. The predicted molar refractivity (Wildman–Crippen MR) is 70.2 cm³/mol. The number of pyridine rings is 1. The van der Waals surface area contributed by atoms with Crippen molar-refractivity contribution in [1.82, 2.24) is 4.98 Å². The fourth-order valence-electron chi connectivity index (χ4n) is 2.78. The van der Waals surface area contributed by atoms with Crippen LogP contribution in [0.5, 0.6) is 5.75 Å². The minimum atomic E-state index is -0.742.